The number of hydrogen-bond acceptors (Lipinski definition) is 2. The van der Waals surface area contributed by atoms with Gasteiger partial charge >= 0.3 is 6.03 Å². The van der Waals surface area contributed by atoms with E-state index in [0.717, 1.165) is 37.8 Å². The van der Waals surface area contributed by atoms with Gasteiger partial charge in [-0.1, -0.05) is 12.8 Å². The first kappa shape index (κ1) is 14.7. The smallest absolute Gasteiger partial charge is 0.322 e. The number of halogens is 2. The molecular formula is C14H18F2N2O2. The first-order chi connectivity index (χ1) is 9.61. The molecule has 20 heavy (non-hydrogen) atoms. The van der Waals surface area contributed by atoms with E-state index in [4.69, 9.17) is 5.11 Å². The predicted octanol–water partition coefficient (Wildman–Crippen LogP) is 2.73. The highest BCUT2D eigenvalue weighted by atomic mass is 19.1. The quantitative estimate of drug-likeness (QED) is 0.893. The summed E-state index contributed by atoms with van der Waals surface area (Å²) in [5, 5.41) is 11.5. The Morgan fingerprint density at radius 3 is 2.65 bits per heavy atom. The van der Waals surface area contributed by atoms with E-state index in [1.165, 1.54) is 11.0 Å². The van der Waals surface area contributed by atoms with E-state index in [1.807, 2.05) is 0 Å². The van der Waals surface area contributed by atoms with Crippen LogP contribution >= 0.6 is 0 Å². The molecule has 2 amide bonds. The SMILES string of the molecule is O=C(Nc1ccc(F)cc1F)N(CCO)C1CCCC1. The second-order valence-corrected chi connectivity index (χ2v) is 4.91. The van der Waals surface area contributed by atoms with Gasteiger partial charge in [0, 0.05) is 18.7 Å². The van der Waals surface area contributed by atoms with E-state index in [-0.39, 0.29) is 24.9 Å². The molecule has 0 unspecified atom stereocenters. The van der Waals surface area contributed by atoms with Crippen molar-refractivity contribution in [1.82, 2.24) is 4.90 Å². The van der Waals surface area contributed by atoms with Gasteiger partial charge in [-0.25, -0.2) is 13.6 Å². The Morgan fingerprint density at radius 2 is 2.05 bits per heavy atom. The van der Waals surface area contributed by atoms with Crippen LogP contribution in [0.1, 0.15) is 25.7 Å². The van der Waals surface area contributed by atoms with E-state index >= 15 is 0 Å². The third-order valence-electron chi connectivity index (χ3n) is 3.54. The second kappa shape index (κ2) is 6.65. The van der Waals surface area contributed by atoms with Gasteiger partial charge in [0.05, 0.1) is 12.3 Å². The van der Waals surface area contributed by atoms with Crippen LogP contribution in [-0.4, -0.2) is 35.2 Å². The third kappa shape index (κ3) is 3.45. The molecule has 0 aliphatic heterocycles. The van der Waals surface area contributed by atoms with Crippen molar-refractivity contribution in [1.29, 1.82) is 0 Å². The maximum atomic E-state index is 13.5. The van der Waals surface area contributed by atoms with Gasteiger partial charge in [0.1, 0.15) is 11.6 Å². The first-order valence-corrected chi connectivity index (χ1v) is 6.75. The molecule has 0 spiro atoms. The zero-order valence-electron chi connectivity index (χ0n) is 11.1. The van der Waals surface area contributed by atoms with Gasteiger partial charge in [-0.05, 0) is 25.0 Å². The fourth-order valence-electron chi connectivity index (χ4n) is 2.55. The van der Waals surface area contributed by atoms with Gasteiger partial charge in [0.25, 0.3) is 0 Å². The lowest BCUT2D eigenvalue weighted by Gasteiger charge is -2.28. The minimum Gasteiger partial charge on any atom is -0.395 e. The normalized spacial score (nSPS) is 15.3. The van der Waals surface area contributed by atoms with Crippen molar-refractivity contribution in [2.24, 2.45) is 0 Å². The Hall–Kier alpha value is -1.69. The molecule has 0 bridgehead atoms. The zero-order chi connectivity index (χ0) is 14.5. The lowest BCUT2D eigenvalue weighted by atomic mass is 10.2. The van der Waals surface area contributed by atoms with Gasteiger partial charge in [-0.2, -0.15) is 0 Å². The minimum atomic E-state index is -0.811. The van der Waals surface area contributed by atoms with Crippen molar-refractivity contribution in [2.45, 2.75) is 31.7 Å². The summed E-state index contributed by atoms with van der Waals surface area (Å²) < 4.78 is 26.3. The highest BCUT2D eigenvalue weighted by Crippen LogP contribution is 2.24. The molecule has 1 fully saturated rings. The summed E-state index contributed by atoms with van der Waals surface area (Å²) in [5.41, 5.74) is -0.0580. The molecule has 2 rings (SSSR count). The van der Waals surface area contributed by atoms with Crippen LogP contribution in [0.15, 0.2) is 18.2 Å². The number of urea groups is 1. The third-order valence-corrected chi connectivity index (χ3v) is 3.54. The maximum absolute atomic E-state index is 13.5. The molecule has 4 nitrogen and oxygen atoms in total. The molecule has 6 heteroatoms. The van der Waals surface area contributed by atoms with E-state index in [2.05, 4.69) is 5.32 Å². The number of carbonyl (C=O) groups is 1. The van der Waals surface area contributed by atoms with Crippen LogP contribution in [0.3, 0.4) is 0 Å². The molecule has 1 aliphatic carbocycles. The van der Waals surface area contributed by atoms with Crippen LogP contribution in [0.25, 0.3) is 0 Å². The number of aliphatic hydroxyl groups is 1. The van der Waals surface area contributed by atoms with Crippen molar-refractivity contribution in [3.8, 4) is 0 Å². The first-order valence-electron chi connectivity index (χ1n) is 6.75. The summed E-state index contributed by atoms with van der Waals surface area (Å²) in [6.45, 7) is 0.0646. The van der Waals surface area contributed by atoms with E-state index in [1.54, 1.807) is 0 Å². The van der Waals surface area contributed by atoms with Gasteiger partial charge in [-0.3, -0.25) is 0 Å². The number of aliphatic hydroxyl groups excluding tert-OH is 1. The molecule has 0 saturated heterocycles. The van der Waals surface area contributed by atoms with Crippen LogP contribution in [-0.2, 0) is 0 Å². The Balaban J connectivity index is 2.07. The summed E-state index contributed by atoms with van der Waals surface area (Å²) >= 11 is 0. The largest absolute Gasteiger partial charge is 0.395 e. The Morgan fingerprint density at radius 1 is 1.35 bits per heavy atom. The van der Waals surface area contributed by atoms with E-state index in [9.17, 15) is 13.6 Å². The Kier molecular flexibility index (Phi) is 4.89. The van der Waals surface area contributed by atoms with Crippen molar-refractivity contribution < 1.29 is 18.7 Å². The van der Waals surface area contributed by atoms with Gasteiger partial charge in [0.2, 0.25) is 0 Å². The number of benzene rings is 1. The monoisotopic (exact) mass is 284 g/mol. The van der Waals surface area contributed by atoms with Gasteiger partial charge in [-0.15, -0.1) is 0 Å². The fraction of sp³-hybridized carbons (Fsp3) is 0.500. The molecule has 1 saturated carbocycles. The summed E-state index contributed by atoms with van der Waals surface area (Å²) in [6, 6.07) is 2.61. The number of rotatable bonds is 4. The van der Waals surface area contributed by atoms with Crippen LogP contribution in [0.5, 0.6) is 0 Å². The molecule has 110 valence electrons. The van der Waals surface area contributed by atoms with Crippen LogP contribution in [0.4, 0.5) is 19.3 Å². The number of nitrogens with zero attached hydrogens (tertiary/aromatic N) is 1. The minimum absolute atomic E-state index is 0.0580. The fourth-order valence-corrected chi connectivity index (χ4v) is 2.55. The van der Waals surface area contributed by atoms with Crippen molar-refractivity contribution in [3.05, 3.63) is 29.8 Å². The lowest BCUT2D eigenvalue weighted by molar-refractivity contribution is 0.163. The molecular weight excluding hydrogens is 266 g/mol. The van der Waals surface area contributed by atoms with E-state index < -0.39 is 17.7 Å². The standard InChI is InChI=1S/C14H18F2N2O2/c15-10-5-6-13(12(16)9-10)17-14(20)18(7-8-19)11-3-1-2-4-11/h5-6,9,11,19H,1-4,7-8H2,(H,17,20). The maximum Gasteiger partial charge on any atom is 0.322 e. The molecule has 2 N–H and O–H groups in total. The number of hydrogen-bond donors (Lipinski definition) is 2. The predicted molar refractivity (Wildman–Crippen MR) is 71.4 cm³/mol. The summed E-state index contributed by atoms with van der Waals surface area (Å²) in [6.07, 6.45) is 3.87. The Bertz CT molecular complexity index is 476. The number of carbonyl (C=O) groups excluding carboxylic acids is 1. The molecule has 0 atom stereocenters. The highest BCUT2D eigenvalue weighted by molar-refractivity contribution is 5.89. The average Bonchev–Trinajstić information content (AvgIpc) is 2.92. The van der Waals surface area contributed by atoms with Crippen LogP contribution in [0.2, 0.25) is 0 Å². The highest BCUT2D eigenvalue weighted by Gasteiger charge is 2.26. The van der Waals surface area contributed by atoms with Crippen molar-refractivity contribution in [2.75, 3.05) is 18.5 Å². The molecule has 0 aromatic heterocycles. The molecule has 1 aromatic carbocycles. The number of anilines is 1. The van der Waals surface area contributed by atoms with E-state index in [0.29, 0.717) is 0 Å². The molecule has 1 aliphatic rings. The summed E-state index contributed by atoms with van der Waals surface area (Å²) in [5.74, 6) is -1.50. The van der Waals surface area contributed by atoms with Gasteiger partial charge < -0.3 is 15.3 Å². The topological polar surface area (TPSA) is 52.6 Å². The van der Waals surface area contributed by atoms with Crippen molar-refractivity contribution >= 4 is 11.7 Å². The number of amides is 2. The second-order valence-electron chi connectivity index (χ2n) is 4.91. The lowest BCUT2D eigenvalue weighted by Crippen LogP contribution is -2.43. The zero-order valence-corrected chi connectivity index (χ0v) is 11.1. The summed E-state index contributed by atoms with van der Waals surface area (Å²) in [7, 11) is 0. The molecule has 0 heterocycles. The molecule has 1 aromatic rings. The van der Waals surface area contributed by atoms with Crippen molar-refractivity contribution in [3.63, 3.8) is 0 Å². The van der Waals surface area contributed by atoms with Crippen LogP contribution < -0.4 is 5.32 Å². The average molecular weight is 284 g/mol. The summed E-state index contributed by atoms with van der Waals surface area (Å²) in [4.78, 5) is 13.7. The van der Waals surface area contributed by atoms with Gasteiger partial charge in [0.15, 0.2) is 0 Å². The number of nitrogens with one attached hydrogen (secondary N) is 1. The van der Waals surface area contributed by atoms with Crippen LogP contribution in [0, 0.1) is 11.6 Å². The Labute approximate surface area is 116 Å². The molecule has 0 radical (unpaired) electrons.